The molecule has 5 heteroatoms. The van der Waals surface area contributed by atoms with Gasteiger partial charge < -0.3 is 19.7 Å². The summed E-state index contributed by atoms with van der Waals surface area (Å²) < 4.78 is 11.7. The first-order valence-electron chi connectivity index (χ1n) is 10.5. The quantitative estimate of drug-likeness (QED) is 0.677. The van der Waals surface area contributed by atoms with Crippen LogP contribution in [0.5, 0.6) is 11.5 Å². The number of carbonyl (C=O) groups excluding carboxylic acids is 1. The van der Waals surface area contributed by atoms with Crippen molar-refractivity contribution in [1.82, 2.24) is 10.2 Å². The van der Waals surface area contributed by atoms with Crippen molar-refractivity contribution in [1.29, 1.82) is 0 Å². The lowest BCUT2D eigenvalue weighted by molar-refractivity contribution is -0.123. The van der Waals surface area contributed by atoms with Gasteiger partial charge in [0.25, 0.3) is 5.91 Å². The molecule has 2 aromatic rings. The molecule has 30 heavy (non-hydrogen) atoms. The Morgan fingerprint density at radius 2 is 1.83 bits per heavy atom. The molecule has 1 fully saturated rings. The van der Waals surface area contributed by atoms with E-state index in [1.807, 2.05) is 37.3 Å². The summed E-state index contributed by atoms with van der Waals surface area (Å²) in [5.41, 5.74) is 4.71. The average molecular weight is 409 g/mol. The predicted molar refractivity (Wildman–Crippen MR) is 120 cm³/mol. The second-order valence-corrected chi connectivity index (χ2v) is 7.99. The Balaban J connectivity index is 1.34. The highest BCUT2D eigenvalue weighted by molar-refractivity contribution is 5.77. The third kappa shape index (κ3) is 6.28. The van der Waals surface area contributed by atoms with Gasteiger partial charge in [-0.3, -0.25) is 4.79 Å². The first-order valence-corrected chi connectivity index (χ1v) is 10.5. The number of hydrogen-bond acceptors (Lipinski definition) is 4. The number of carbonyl (C=O) groups is 1. The number of aryl methyl sites for hydroxylation is 3. The van der Waals surface area contributed by atoms with E-state index in [9.17, 15) is 4.79 Å². The highest BCUT2D eigenvalue weighted by Crippen LogP contribution is 2.23. The van der Waals surface area contributed by atoms with Crippen LogP contribution in [0.1, 0.15) is 29.5 Å². The summed E-state index contributed by atoms with van der Waals surface area (Å²) in [5.74, 6) is 1.50. The maximum atomic E-state index is 12.0. The number of nitrogens with zero attached hydrogens (tertiary/aromatic N) is 1. The number of rotatable bonds is 9. The summed E-state index contributed by atoms with van der Waals surface area (Å²) in [5, 5.41) is 2.90. The van der Waals surface area contributed by atoms with Gasteiger partial charge in [-0.1, -0.05) is 30.3 Å². The van der Waals surface area contributed by atoms with Gasteiger partial charge in [0.05, 0.1) is 6.54 Å². The van der Waals surface area contributed by atoms with Crippen LogP contribution < -0.4 is 14.8 Å². The van der Waals surface area contributed by atoms with E-state index in [0.717, 1.165) is 36.5 Å². The number of hydrogen-bond donors (Lipinski definition) is 1. The van der Waals surface area contributed by atoms with Crippen LogP contribution in [0.4, 0.5) is 0 Å². The van der Waals surface area contributed by atoms with E-state index in [2.05, 4.69) is 42.8 Å². The summed E-state index contributed by atoms with van der Waals surface area (Å²) in [6.07, 6.45) is 1.86. The SMILES string of the molecule is C=C(CCNC(=O)COc1ccc(C)cc1)N1CCC(Oc2ccc(C)c(C)c2)C1. The molecule has 1 unspecified atom stereocenters. The van der Waals surface area contributed by atoms with E-state index in [0.29, 0.717) is 18.7 Å². The monoisotopic (exact) mass is 408 g/mol. The molecule has 0 bridgehead atoms. The molecular weight excluding hydrogens is 376 g/mol. The molecule has 0 spiro atoms. The number of benzene rings is 2. The highest BCUT2D eigenvalue weighted by Gasteiger charge is 2.24. The van der Waals surface area contributed by atoms with Crippen LogP contribution in [0.15, 0.2) is 54.7 Å². The van der Waals surface area contributed by atoms with Crippen molar-refractivity contribution in [2.45, 2.75) is 39.7 Å². The Labute approximate surface area is 179 Å². The van der Waals surface area contributed by atoms with Gasteiger partial charge >= 0.3 is 0 Å². The summed E-state index contributed by atoms with van der Waals surface area (Å²) >= 11 is 0. The Hall–Kier alpha value is -2.95. The molecule has 160 valence electrons. The maximum absolute atomic E-state index is 12.0. The van der Waals surface area contributed by atoms with Gasteiger partial charge in [0.2, 0.25) is 0 Å². The molecule has 1 atom stereocenters. The molecule has 1 saturated heterocycles. The first-order chi connectivity index (χ1) is 14.4. The molecule has 1 aliphatic heterocycles. The molecule has 2 aromatic carbocycles. The fourth-order valence-corrected chi connectivity index (χ4v) is 3.43. The standard InChI is InChI=1S/C25H32N2O3/c1-18-5-8-22(9-6-18)29-17-25(28)26-13-11-21(4)27-14-12-24(16-27)30-23-10-7-19(2)20(3)15-23/h5-10,15,24H,4,11-14,16-17H2,1-3H3,(H,26,28). The molecule has 1 N–H and O–H groups in total. The van der Waals surface area contributed by atoms with Crippen molar-refractivity contribution >= 4 is 5.91 Å². The van der Waals surface area contributed by atoms with Gasteiger partial charge in [-0.15, -0.1) is 0 Å². The van der Waals surface area contributed by atoms with Crippen molar-refractivity contribution < 1.29 is 14.3 Å². The Morgan fingerprint density at radius 3 is 2.57 bits per heavy atom. The van der Waals surface area contributed by atoms with E-state index >= 15 is 0 Å². The van der Waals surface area contributed by atoms with Gasteiger partial charge in [-0.05, 0) is 56.2 Å². The van der Waals surface area contributed by atoms with Crippen molar-refractivity contribution in [2.75, 3.05) is 26.2 Å². The highest BCUT2D eigenvalue weighted by atomic mass is 16.5. The molecule has 3 rings (SSSR count). The lowest BCUT2D eigenvalue weighted by Crippen LogP contribution is -2.31. The van der Waals surface area contributed by atoms with Crippen LogP contribution in [0.25, 0.3) is 0 Å². The van der Waals surface area contributed by atoms with Crippen LogP contribution in [0, 0.1) is 20.8 Å². The minimum atomic E-state index is -0.124. The van der Waals surface area contributed by atoms with Crippen LogP contribution in [0.2, 0.25) is 0 Å². The number of amides is 1. The lowest BCUT2D eigenvalue weighted by Gasteiger charge is -2.21. The smallest absolute Gasteiger partial charge is 0.257 e. The Morgan fingerprint density at radius 1 is 1.10 bits per heavy atom. The summed E-state index contributed by atoms with van der Waals surface area (Å²) in [4.78, 5) is 14.2. The summed E-state index contributed by atoms with van der Waals surface area (Å²) in [6, 6.07) is 13.9. The van der Waals surface area contributed by atoms with Crippen LogP contribution >= 0.6 is 0 Å². The van der Waals surface area contributed by atoms with Crippen molar-refractivity contribution in [3.05, 3.63) is 71.4 Å². The fraction of sp³-hybridized carbons (Fsp3) is 0.400. The molecule has 0 aromatic heterocycles. The summed E-state index contributed by atoms with van der Waals surface area (Å²) in [7, 11) is 0. The van der Waals surface area contributed by atoms with Crippen LogP contribution in [0.3, 0.4) is 0 Å². The molecular formula is C25H32N2O3. The van der Waals surface area contributed by atoms with Gasteiger partial charge in [0.1, 0.15) is 17.6 Å². The van der Waals surface area contributed by atoms with Gasteiger partial charge in [-0.25, -0.2) is 0 Å². The summed E-state index contributed by atoms with van der Waals surface area (Å²) in [6.45, 7) is 12.7. The lowest BCUT2D eigenvalue weighted by atomic mass is 10.1. The largest absolute Gasteiger partial charge is 0.489 e. The van der Waals surface area contributed by atoms with Crippen LogP contribution in [-0.2, 0) is 4.79 Å². The zero-order valence-electron chi connectivity index (χ0n) is 18.2. The van der Waals surface area contributed by atoms with Crippen molar-refractivity contribution in [3.8, 4) is 11.5 Å². The normalized spacial score (nSPS) is 15.7. The molecule has 1 amide bonds. The zero-order chi connectivity index (χ0) is 21.5. The number of likely N-dealkylation sites (tertiary alicyclic amines) is 1. The minimum absolute atomic E-state index is 0.0190. The first kappa shape index (κ1) is 21.8. The minimum Gasteiger partial charge on any atom is -0.489 e. The number of ether oxygens (including phenoxy) is 2. The van der Waals surface area contributed by atoms with E-state index in [1.54, 1.807) is 0 Å². The zero-order valence-corrected chi connectivity index (χ0v) is 18.2. The molecule has 1 aliphatic rings. The second kappa shape index (κ2) is 10.2. The van der Waals surface area contributed by atoms with E-state index in [4.69, 9.17) is 9.47 Å². The van der Waals surface area contributed by atoms with Crippen LogP contribution in [-0.4, -0.2) is 43.2 Å². The van der Waals surface area contributed by atoms with E-state index in [1.165, 1.54) is 11.1 Å². The van der Waals surface area contributed by atoms with Crippen molar-refractivity contribution in [2.24, 2.45) is 0 Å². The van der Waals surface area contributed by atoms with Gasteiger partial charge in [-0.2, -0.15) is 0 Å². The number of nitrogens with one attached hydrogen (secondary N) is 1. The van der Waals surface area contributed by atoms with Gasteiger partial charge in [0, 0.05) is 31.6 Å². The Bertz CT molecular complexity index is 876. The average Bonchev–Trinajstić information content (AvgIpc) is 3.19. The molecule has 5 nitrogen and oxygen atoms in total. The third-order valence-electron chi connectivity index (χ3n) is 5.50. The second-order valence-electron chi connectivity index (χ2n) is 7.99. The van der Waals surface area contributed by atoms with E-state index in [-0.39, 0.29) is 18.6 Å². The molecule has 1 heterocycles. The Kier molecular flexibility index (Phi) is 7.39. The molecule has 0 radical (unpaired) electrons. The molecule has 0 saturated carbocycles. The maximum Gasteiger partial charge on any atom is 0.257 e. The van der Waals surface area contributed by atoms with E-state index < -0.39 is 0 Å². The molecule has 0 aliphatic carbocycles. The van der Waals surface area contributed by atoms with Gasteiger partial charge in [0.15, 0.2) is 6.61 Å². The third-order valence-corrected chi connectivity index (χ3v) is 5.50. The fourth-order valence-electron chi connectivity index (χ4n) is 3.43. The topological polar surface area (TPSA) is 50.8 Å². The predicted octanol–water partition coefficient (Wildman–Crippen LogP) is 4.16. The van der Waals surface area contributed by atoms with Crippen molar-refractivity contribution in [3.63, 3.8) is 0 Å².